The third-order valence-electron chi connectivity index (χ3n) is 10.4. The monoisotopic (exact) mass is 468 g/mol. The molecule has 0 radical (unpaired) electrons. The number of nitrogens with zero attached hydrogens (tertiary/aromatic N) is 1. The van der Waals surface area contributed by atoms with Gasteiger partial charge in [0, 0.05) is 29.4 Å². The summed E-state index contributed by atoms with van der Waals surface area (Å²) in [5.41, 5.74) is 4.88. The van der Waals surface area contributed by atoms with Crippen LogP contribution in [0.5, 0.6) is 0 Å². The van der Waals surface area contributed by atoms with Crippen LogP contribution in [0.1, 0.15) is 90.5 Å². The molecule has 1 unspecified atom stereocenters. The average molecular weight is 469 g/mol. The van der Waals surface area contributed by atoms with Crippen molar-refractivity contribution in [1.82, 2.24) is 10.3 Å². The molecule has 2 spiro atoms. The van der Waals surface area contributed by atoms with E-state index >= 15 is 0 Å². The fraction of sp³-hybridized carbons (Fsp3) is 0.594. The first-order valence-electron chi connectivity index (χ1n) is 13.9. The lowest BCUT2D eigenvalue weighted by Gasteiger charge is -2.54. The van der Waals surface area contributed by atoms with E-state index in [9.17, 15) is 0 Å². The zero-order valence-electron chi connectivity index (χ0n) is 21.9. The maximum Gasteiger partial charge on any atom is 0.0974 e. The molecule has 5 aliphatic rings. The van der Waals surface area contributed by atoms with Crippen molar-refractivity contribution in [2.24, 2.45) is 11.3 Å². The summed E-state index contributed by atoms with van der Waals surface area (Å²) in [5.74, 6) is 1.18. The number of fused-ring (bicyclic) bond motifs is 2. The predicted molar refractivity (Wildman–Crippen MR) is 142 cm³/mol. The van der Waals surface area contributed by atoms with Gasteiger partial charge in [0.05, 0.1) is 11.2 Å². The third-order valence-corrected chi connectivity index (χ3v) is 10.4. The Hall–Kier alpha value is -1.97. The third kappa shape index (κ3) is 3.20. The van der Waals surface area contributed by atoms with Gasteiger partial charge in [-0.3, -0.25) is 4.98 Å². The highest BCUT2D eigenvalue weighted by atomic mass is 16.5. The van der Waals surface area contributed by atoms with Gasteiger partial charge in [0.2, 0.25) is 0 Å². The molecule has 3 fully saturated rings. The Morgan fingerprint density at radius 2 is 1.94 bits per heavy atom. The summed E-state index contributed by atoms with van der Waals surface area (Å²) in [6.07, 6.45) is 18.7. The Bertz CT molecular complexity index is 1250. The van der Waals surface area contributed by atoms with Crippen LogP contribution in [0.4, 0.5) is 0 Å². The van der Waals surface area contributed by atoms with E-state index in [1.807, 2.05) is 12.4 Å². The van der Waals surface area contributed by atoms with Gasteiger partial charge in [0.25, 0.3) is 0 Å². The van der Waals surface area contributed by atoms with E-state index in [4.69, 9.17) is 4.74 Å². The minimum absolute atomic E-state index is 0.0382. The Kier molecular flexibility index (Phi) is 4.64. The van der Waals surface area contributed by atoms with E-state index in [1.165, 1.54) is 66.9 Å². The van der Waals surface area contributed by atoms with E-state index in [0.29, 0.717) is 17.9 Å². The molecule has 1 N–H and O–H groups in total. The number of rotatable bonds is 2. The van der Waals surface area contributed by atoms with Gasteiger partial charge in [0.1, 0.15) is 0 Å². The van der Waals surface area contributed by atoms with Crippen LogP contribution < -0.4 is 5.32 Å². The van der Waals surface area contributed by atoms with E-state index in [0.717, 1.165) is 6.42 Å². The summed E-state index contributed by atoms with van der Waals surface area (Å²) in [4.78, 5) is 4.39. The van der Waals surface area contributed by atoms with Crippen LogP contribution in [-0.2, 0) is 4.74 Å². The van der Waals surface area contributed by atoms with E-state index in [-0.39, 0.29) is 22.2 Å². The normalized spacial score (nSPS) is 40.1. The van der Waals surface area contributed by atoms with Crippen LogP contribution in [0.15, 0.2) is 60.0 Å². The first-order valence-corrected chi connectivity index (χ1v) is 13.9. The molecule has 3 heterocycles. The van der Waals surface area contributed by atoms with Crippen LogP contribution in [0.25, 0.3) is 10.8 Å². The van der Waals surface area contributed by atoms with Crippen molar-refractivity contribution in [2.75, 3.05) is 0 Å². The Morgan fingerprint density at radius 3 is 2.80 bits per heavy atom. The summed E-state index contributed by atoms with van der Waals surface area (Å²) >= 11 is 0. The lowest BCUT2D eigenvalue weighted by atomic mass is 9.58. The second-order valence-electron chi connectivity index (χ2n) is 13.5. The molecule has 1 saturated heterocycles. The van der Waals surface area contributed by atoms with Crippen molar-refractivity contribution < 1.29 is 4.74 Å². The molecule has 2 bridgehead atoms. The summed E-state index contributed by atoms with van der Waals surface area (Å²) < 4.78 is 7.47. The van der Waals surface area contributed by atoms with Crippen LogP contribution in [0.2, 0.25) is 0 Å². The maximum absolute atomic E-state index is 7.47. The molecule has 7 rings (SSSR count). The minimum Gasteiger partial charge on any atom is -0.359 e. The van der Waals surface area contributed by atoms with Crippen molar-refractivity contribution in [2.45, 2.75) is 108 Å². The first-order chi connectivity index (χ1) is 16.7. The zero-order valence-corrected chi connectivity index (χ0v) is 21.9. The van der Waals surface area contributed by atoms with Gasteiger partial charge in [-0.25, -0.2) is 0 Å². The molecule has 2 aliphatic heterocycles. The molecule has 1 aromatic heterocycles. The Balaban J connectivity index is 1.24. The van der Waals surface area contributed by atoms with Crippen LogP contribution in [0, 0.1) is 11.3 Å². The number of hydrogen-bond acceptors (Lipinski definition) is 3. The van der Waals surface area contributed by atoms with Gasteiger partial charge in [0.15, 0.2) is 0 Å². The number of aromatic nitrogens is 1. The standard InChI is InChI=1S/C32H40N2O/c1-29(2,3)34-26-8-7-24-18-25-11-13-30(4)27(22-6-5-21-12-16-33-20-23(21)17-22)9-10-28(30)32(25)15-14-31(24,19-26)35-32/h5-6,11-12,16-18,20,26-28,34H,7-10,13-15,19H2,1-4H3/t26-,27-,28-,30-,31-,32?/m1/s1. The molecule has 2 saturated carbocycles. The van der Waals surface area contributed by atoms with Crippen molar-refractivity contribution in [3.8, 4) is 0 Å². The van der Waals surface area contributed by atoms with Gasteiger partial charge in [-0.2, -0.15) is 0 Å². The number of hydrogen-bond donors (Lipinski definition) is 1. The van der Waals surface area contributed by atoms with Gasteiger partial charge < -0.3 is 10.1 Å². The molecule has 184 valence electrons. The number of allylic oxidation sites excluding steroid dienone is 1. The number of nitrogens with one attached hydrogen (secondary N) is 1. The van der Waals surface area contributed by atoms with E-state index < -0.39 is 0 Å². The van der Waals surface area contributed by atoms with Crippen LogP contribution in [0.3, 0.4) is 0 Å². The average Bonchev–Trinajstić information content (AvgIpc) is 3.33. The van der Waals surface area contributed by atoms with Gasteiger partial charge in [-0.1, -0.05) is 31.2 Å². The molecule has 3 heteroatoms. The van der Waals surface area contributed by atoms with Crippen molar-refractivity contribution in [1.29, 1.82) is 0 Å². The second-order valence-corrected chi connectivity index (χ2v) is 13.5. The fourth-order valence-corrected chi connectivity index (χ4v) is 9.01. The molecular formula is C32H40N2O. The highest BCUT2D eigenvalue weighted by molar-refractivity contribution is 5.82. The highest BCUT2D eigenvalue weighted by Gasteiger charge is 2.66. The molecule has 3 aliphatic carbocycles. The van der Waals surface area contributed by atoms with Gasteiger partial charge >= 0.3 is 0 Å². The molecule has 2 aromatic rings. The molecule has 0 amide bonds. The molecule has 35 heavy (non-hydrogen) atoms. The van der Waals surface area contributed by atoms with E-state index in [2.05, 4.69) is 74.4 Å². The molecule has 1 aromatic carbocycles. The quantitative estimate of drug-likeness (QED) is 0.505. The number of benzene rings is 1. The second kappa shape index (κ2) is 7.29. The van der Waals surface area contributed by atoms with Crippen molar-refractivity contribution >= 4 is 10.8 Å². The highest BCUT2D eigenvalue weighted by Crippen LogP contribution is 2.69. The number of pyridine rings is 1. The van der Waals surface area contributed by atoms with Crippen LogP contribution >= 0.6 is 0 Å². The molecule has 3 nitrogen and oxygen atoms in total. The topological polar surface area (TPSA) is 34.2 Å². The van der Waals surface area contributed by atoms with Gasteiger partial charge in [-0.05, 0) is 124 Å². The summed E-state index contributed by atoms with van der Waals surface area (Å²) in [5, 5.41) is 6.46. The largest absolute Gasteiger partial charge is 0.359 e. The zero-order chi connectivity index (χ0) is 24.1. The lowest BCUT2D eigenvalue weighted by Crippen LogP contribution is -2.56. The lowest BCUT2D eigenvalue weighted by molar-refractivity contribution is -0.136. The molecular weight excluding hydrogens is 428 g/mol. The summed E-state index contributed by atoms with van der Waals surface area (Å²) in [7, 11) is 0. The van der Waals surface area contributed by atoms with Crippen molar-refractivity contribution in [3.63, 3.8) is 0 Å². The fourth-order valence-electron chi connectivity index (χ4n) is 9.01. The van der Waals surface area contributed by atoms with Crippen LogP contribution in [-0.4, -0.2) is 27.8 Å². The maximum atomic E-state index is 7.47. The van der Waals surface area contributed by atoms with E-state index in [1.54, 1.807) is 5.57 Å². The smallest absolute Gasteiger partial charge is 0.0974 e. The summed E-state index contributed by atoms with van der Waals surface area (Å²) in [6.45, 7) is 9.46. The first kappa shape index (κ1) is 22.2. The van der Waals surface area contributed by atoms with Crippen molar-refractivity contribution in [3.05, 3.63) is 65.5 Å². The number of ether oxygens (including phenoxy) is 1. The summed E-state index contributed by atoms with van der Waals surface area (Å²) in [6, 6.07) is 9.77. The Labute approximate surface area is 210 Å². The van der Waals surface area contributed by atoms with Gasteiger partial charge in [-0.15, -0.1) is 0 Å². The SMILES string of the molecule is CC(C)(C)N[C@@H]1CCC2=CC3=CC[C@]4(C)[C@@H](c5ccc6ccncc6c5)CC[C@H]4C34CC[C@]2(C1)O4. The molecule has 6 atom stereocenters. The predicted octanol–water partition coefficient (Wildman–Crippen LogP) is 7.23. The minimum atomic E-state index is -0.0761. The Morgan fingerprint density at radius 1 is 1.06 bits per heavy atom.